The highest BCUT2D eigenvalue weighted by atomic mass is 16.5. The van der Waals surface area contributed by atoms with Crippen molar-refractivity contribution in [1.82, 2.24) is 14.9 Å². The van der Waals surface area contributed by atoms with E-state index < -0.39 is 0 Å². The molecule has 0 atom stereocenters. The first-order chi connectivity index (χ1) is 9.26. The monoisotopic (exact) mass is 263 g/mol. The fourth-order valence-electron chi connectivity index (χ4n) is 2.11. The highest BCUT2D eigenvalue weighted by Crippen LogP contribution is 2.39. The zero-order chi connectivity index (χ0) is 13.2. The second kappa shape index (κ2) is 5.30. The Labute approximate surface area is 113 Å². The molecule has 1 aromatic rings. The summed E-state index contributed by atoms with van der Waals surface area (Å²) >= 11 is 0. The molecule has 2 saturated carbocycles. The van der Waals surface area contributed by atoms with Crippen LogP contribution in [-0.4, -0.2) is 41.1 Å². The molecule has 1 heterocycles. The minimum atomic E-state index is 0.491. The van der Waals surface area contributed by atoms with Gasteiger partial charge < -0.3 is 15.1 Å². The van der Waals surface area contributed by atoms with Crippen LogP contribution in [0, 0.1) is 0 Å². The molecule has 0 unspecified atom stereocenters. The van der Waals surface area contributed by atoms with Crippen molar-refractivity contribution in [3.05, 3.63) is 11.9 Å². The van der Waals surface area contributed by atoms with Crippen molar-refractivity contribution in [1.29, 1.82) is 0 Å². The number of hydrogen-bond donors (Lipinski definition) is 2. The second-order valence-electron chi connectivity index (χ2n) is 5.43. The van der Waals surface area contributed by atoms with Crippen LogP contribution in [0.1, 0.15) is 37.4 Å². The van der Waals surface area contributed by atoms with Crippen molar-refractivity contribution in [3.8, 4) is 5.88 Å². The van der Waals surface area contributed by atoms with Crippen LogP contribution in [0.3, 0.4) is 0 Å². The van der Waals surface area contributed by atoms with E-state index >= 15 is 0 Å². The first kappa shape index (κ1) is 12.6. The molecule has 0 aromatic carbocycles. The van der Waals surface area contributed by atoms with Gasteiger partial charge in [0.25, 0.3) is 0 Å². The van der Waals surface area contributed by atoms with Gasteiger partial charge in [0.1, 0.15) is 18.2 Å². The number of ether oxygens (including phenoxy) is 1. The fraction of sp³-hybridized carbons (Fsp3) is 0.692. The molecule has 0 spiro atoms. The SMILES string of the molecule is CN(CCOc1cc(NN)nc(C2CC2)n1)C1CC1. The van der Waals surface area contributed by atoms with Crippen molar-refractivity contribution in [2.45, 2.75) is 37.6 Å². The molecule has 2 aliphatic rings. The van der Waals surface area contributed by atoms with Gasteiger partial charge in [0.05, 0.1) is 0 Å². The fourth-order valence-corrected chi connectivity index (χ4v) is 2.11. The Kier molecular flexibility index (Phi) is 3.52. The molecule has 3 rings (SSSR count). The summed E-state index contributed by atoms with van der Waals surface area (Å²) in [7, 11) is 2.14. The zero-order valence-corrected chi connectivity index (χ0v) is 11.3. The maximum absolute atomic E-state index is 5.73. The summed E-state index contributed by atoms with van der Waals surface area (Å²) in [6.07, 6.45) is 4.96. The van der Waals surface area contributed by atoms with E-state index in [1.807, 2.05) is 0 Å². The standard InChI is InChI=1S/C13H21N5O/c1-18(10-4-5-10)6-7-19-12-8-11(17-14)15-13(16-12)9-2-3-9/h8-10H,2-7,14H2,1H3,(H,15,16,17). The molecule has 6 nitrogen and oxygen atoms in total. The molecule has 19 heavy (non-hydrogen) atoms. The van der Waals surface area contributed by atoms with Crippen LogP contribution in [0.4, 0.5) is 5.82 Å². The first-order valence-corrected chi connectivity index (χ1v) is 6.95. The molecule has 2 aliphatic carbocycles. The highest BCUT2D eigenvalue weighted by Gasteiger charge is 2.28. The lowest BCUT2D eigenvalue weighted by Gasteiger charge is -2.16. The van der Waals surface area contributed by atoms with Gasteiger partial charge >= 0.3 is 0 Å². The molecule has 0 amide bonds. The van der Waals surface area contributed by atoms with Crippen molar-refractivity contribution >= 4 is 5.82 Å². The van der Waals surface area contributed by atoms with Crippen molar-refractivity contribution in [2.24, 2.45) is 5.84 Å². The average molecular weight is 263 g/mol. The summed E-state index contributed by atoms with van der Waals surface area (Å²) < 4.78 is 5.73. The quantitative estimate of drug-likeness (QED) is 0.567. The van der Waals surface area contributed by atoms with E-state index in [4.69, 9.17) is 10.6 Å². The molecular formula is C13H21N5O. The van der Waals surface area contributed by atoms with E-state index in [2.05, 4.69) is 27.3 Å². The molecule has 0 aliphatic heterocycles. The van der Waals surface area contributed by atoms with Crippen molar-refractivity contribution < 1.29 is 4.74 Å². The number of nitrogen functional groups attached to an aromatic ring is 1. The molecule has 1 aromatic heterocycles. The third-order valence-corrected chi connectivity index (χ3v) is 3.67. The Hall–Kier alpha value is -1.40. The van der Waals surface area contributed by atoms with E-state index in [9.17, 15) is 0 Å². The summed E-state index contributed by atoms with van der Waals surface area (Å²) in [5, 5.41) is 0. The Morgan fingerprint density at radius 3 is 2.79 bits per heavy atom. The Morgan fingerprint density at radius 2 is 2.16 bits per heavy atom. The van der Waals surface area contributed by atoms with Crippen LogP contribution >= 0.6 is 0 Å². The van der Waals surface area contributed by atoms with Gasteiger partial charge in [-0.3, -0.25) is 0 Å². The lowest BCUT2D eigenvalue weighted by molar-refractivity contribution is 0.226. The molecule has 104 valence electrons. The van der Waals surface area contributed by atoms with E-state index in [-0.39, 0.29) is 0 Å². The minimum Gasteiger partial charge on any atom is -0.476 e. The van der Waals surface area contributed by atoms with Gasteiger partial charge in [-0.2, -0.15) is 4.98 Å². The molecule has 2 fully saturated rings. The zero-order valence-electron chi connectivity index (χ0n) is 11.3. The molecule has 0 saturated heterocycles. The molecule has 3 N–H and O–H groups in total. The average Bonchev–Trinajstić information content (AvgIpc) is 3.31. The highest BCUT2D eigenvalue weighted by molar-refractivity contribution is 5.38. The number of nitrogens with one attached hydrogen (secondary N) is 1. The van der Waals surface area contributed by atoms with E-state index in [1.165, 1.54) is 12.8 Å². The maximum Gasteiger partial charge on any atom is 0.218 e. The van der Waals surface area contributed by atoms with Crippen LogP contribution < -0.4 is 16.0 Å². The number of likely N-dealkylation sites (N-methyl/N-ethyl adjacent to an activating group) is 1. The first-order valence-electron chi connectivity index (χ1n) is 6.95. The van der Waals surface area contributed by atoms with Gasteiger partial charge in [0.15, 0.2) is 0 Å². The molecule has 0 radical (unpaired) electrons. The number of aromatic nitrogens is 2. The number of nitrogens with two attached hydrogens (primary N) is 1. The predicted molar refractivity (Wildman–Crippen MR) is 73.0 cm³/mol. The van der Waals surface area contributed by atoms with Gasteiger partial charge in [-0.05, 0) is 32.7 Å². The summed E-state index contributed by atoms with van der Waals surface area (Å²) in [6, 6.07) is 2.51. The number of nitrogens with zero attached hydrogens (tertiary/aromatic N) is 3. The van der Waals surface area contributed by atoms with Gasteiger partial charge in [0.2, 0.25) is 5.88 Å². The van der Waals surface area contributed by atoms with Gasteiger partial charge in [-0.25, -0.2) is 10.8 Å². The van der Waals surface area contributed by atoms with Crippen LogP contribution in [0.5, 0.6) is 5.88 Å². The number of hydrazine groups is 1. The van der Waals surface area contributed by atoms with Crippen molar-refractivity contribution in [3.63, 3.8) is 0 Å². The lowest BCUT2D eigenvalue weighted by atomic mass is 10.4. The maximum atomic E-state index is 5.73. The van der Waals surface area contributed by atoms with E-state index in [0.29, 0.717) is 24.2 Å². The molecule has 0 bridgehead atoms. The van der Waals surface area contributed by atoms with Gasteiger partial charge in [-0.15, -0.1) is 0 Å². The Bertz CT molecular complexity index is 445. The van der Waals surface area contributed by atoms with E-state index in [1.54, 1.807) is 6.07 Å². The number of hydrogen-bond acceptors (Lipinski definition) is 6. The smallest absolute Gasteiger partial charge is 0.218 e. The van der Waals surface area contributed by atoms with E-state index in [0.717, 1.165) is 31.3 Å². The summed E-state index contributed by atoms with van der Waals surface area (Å²) in [4.78, 5) is 11.1. The Morgan fingerprint density at radius 1 is 1.37 bits per heavy atom. The Balaban J connectivity index is 1.57. The van der Waals surface area contributed by atoms with Crippen LogP contribution in [-0.2, 0) is 0 Å². The molecule has 6 heteroatoms. The number of rotatable bonds is 7. The normalized spacial score (nSPS) is 18.7. The summed E-state index contributed by atoms with van der Waals surface area (Å²) in [6.45, 7) is 1.58. The number of anilines is 1. The topological polar surface area (TPSA) is 76.3 Å². The molecular weight excluding hydrogens is 242 g/mol. The third-order valence-electron chi connectivity index (χ3n) is 3.67. The summed E-state index contributed by atoms with van der Waals surface area (Å²) in [5.41, 5.74) is 2.58. The second-order valence-corrected chi connectivity index (χ2v) is 5.43. The van der Waals surface area contributed by atoms with Gasteiger partial charge in [0, 0.05) is 24.6 Å². The van der Waals surface area contributed by atoms with Crippen molar-refractivity contribution in [2.75, 3.05) is 25.6 Å². The van der Waals surface area contributed by atoms with Gasteiger partial charge in [-0.1, -0.05) is 0 Å². The van der Waals surface area contributed by atoms with Crippen LogP contribution in [0.2, 0.25) is 0 Å². The predicted octanol–water partition coefficient (Wildman–Crippen LogP) is 1.11. The summed E-state index contributed by atoms with van der Waals surface area (Å²) in [5.74, 6) is 8.01. The minimum absolute atomic E-state index is 0.491. The lowest BCUT2D eigenvalue weighted by Crippen LogP contribution is -2.26. The largest absolute Gasteiger partial charge is 0.476 e. The van der Waals surface area contributed by atoms with Crippen LogP contribution in [0.25, 0.3) is 0 Å². The third kappa shape index (κ3) is 3.33. The van der Waals surface area contributed by atoms with Crippen LogP contribution in [0.15, 0.2) is 6.07 Å².